The molecule has 0 amide bonds. The molecule has 530 valence electrons. The molecular weight excluding hydrogens is 1240 g/mol. The highest BCUT2D eigenvalue weighted by atomic mass is 16.9. The maximum absolute atomic E-state index is 10.2. The third-order valence-corrected chi connectivity index (χ3v) is 15.3. The first-order valence-electron chi connectivity index (χ1n) is 27.6. The number of carbonyl (C=O) groups is 5. The van der Waals surface area contributed by atoms with E-state index < -0.39 is 215 Å². The van der Waals surface area contributed by atoms with E-state index in [0.717, 1.165) is 0 Å². The van der Waals surface area contributed by atoms with Gasteiger partial charge >= 0.3 is 29.9 Å². The van der Waals surface area contributed by atoms with Crippen molar-refractivity contribution in [2.24, 2.45) is 29.6 Å². The van der Waals surface area contributed by atoms with Crippen LogP contribution in [-0.4, -0.2) is 345 Å². The fraction of sp³-hybridized carbons (Fsp3) is 0.900. The maximum atomic E-state index is 10.2. The predicted molar refractivity (Wildman–Crippen MR) is 279 cm³/mol. The van der Waals surface area contributed by atoms with Gasteiger partial charge in [-0.3, -0.25) is 24.0 Å². The number of carbonyl (C=O) groups excluding carboxylic acids is 5. The van der Waals surface area contributed by atoms with E-state index in [-0.39, 0.29) is 64.5 Å². The minimum absolute atomic E-state index is 0.0470. The highest BCUT2D eigenvalue weighted by molar-refractivity contribution is 5.39. The van der Waals surface area contributed by atoms with Gasteiger partial charge in [-0.15, -0.1) is 0 Å². The minimum Gasteiger partial charge on any atom is -0.410 e. The Labute approximate surface area is 511 Å². The molecule has 5 heterocycles. The summed E-state index contributed by atoms with van der Waals surface area (Å²) in [5, 5.41) is 236. The molecular formula is C50H90O40. The van der Waals surface area contributed by atoms with Crippen LogP contribution in [-0.2, 0) is 71.3 Å². The lowest BCUT2D eigenvalue weighted by atomic mass is 9.87. The first-order chi connectivity index (χ1) is 41.7. The third-order valence-electron chi connectivity index (χ3n) is 15.3. The average molecular weight is 1330 g/mol. The van der Waals surface area contributed by atoms with Gasteiger partial charge in [-0.25, -0.2) is 0 Å². The van der Waals surface area contributed by atoms with Crippen LogP contribution in [0.2, 0.25) is 0 Å². The highest BCUT2D eigenvalue weighted by Crippen LogP contribution is 2.39. The second-order valence-electron chi connectivity index (χ2n) is 21.9. The Morgan fingerprint density at radius 3 is 0.533 bits per heavy atom. The molecule has 30 unspecified atom stereocenters. The van der Waals surface area contributed by atoms with Crippen molar-refractivity contribution in [1.29, 1.82) is 0 Å². The molecule has 5 saturated heterocycles. The fourth-order valence-electron chi connectivity index (χ4n) is 9.48. The molecule has 5 aliphatic rings. The first-order valence-corrected chi connectivity index (χ1v) is 27.6. The molecule has 0 aromatic carbocycles. The van der Waals surface area contributed by atoms with Gasteiger partial charge in [0.1, 0.15) is 61.0 Å². The molecule has 5 rings (SSSR count). The van der Waals surface area contributed by atoms with Gasteiger partial charge in [0.25, 0.3) is 32.4 Å². The summed E-state index contributed by atoms with van der Waals surface area (Å²) in [4.78, 5) is 51.2. The lowest BCUT2D eigenvalue weighted by molar-refractivity contribution is -0.399. The number of rotatable bonds is 25. The van der Waals surface area contributed by atoms with Crippen LogP contribution in [0, 0.1) is 29.6 Å². The van der Waals surface area contributed by atoms with Crippen LogP contribution in [0.4, 0.5) is 0 Å². The van der Waals surface area contributed by atoms with Gasteiger partial charge in [-0.05, 0) is 0 Å². The van der Waals surface area contributed by atoms with Crippen LogP contribution in [0.1, 0.15) is 66.7 Å². The van der Waals surface area contributed by atoms with Crippen molar-refractivity contribution in [3.8, 4) is 0 Å². The van der Waals surface area contributed by atoms with Crippen molar-refractivity contribution in [3.63, 3.8) is 0 Å². The summed E-state index contributed by atoms with van der Waals surface area (Å²) >= 11 is 0. The Bertz CT molecular complexity index is 1750. The van der Waals surface area contributed by atoms with Crippen LogP contribution in [0.15, 0.2) is 0 Å². The van der Waals surface area contributed by atoms with Gasteiger partial charge in [-0.2, -0.15) is 0 Å². The van der Waals surface area contributed by atoms with Gasteiger partial charge in [0.2, 0.25) is 0 Å². The van der Waals surface area contributed by atoms with E-state index in [2.05, 4.69) is 23.7 Å². The lowest BCUT2D eigenvalue weighted by Gasteiger charge is -2.43. The molecule has 5 aliphatic heterocycles. The lowest BCUT2D eigenvalue weighted by Crippen LogP contribution is -2.58. The van der Waals surface area contributed by atoms with Crippen molar-refractivity contribution >= 4 is 32.4 Å². The first kappa shape index (κ1) is 84.2. The molecule has 25 N–H and O–H groups in total. The van der Waals surface area contributed by atoms with Crippen molar-refractivity contribution in [2.75, 3.05) is 33.0 Å². The van der Waals surface area contributed by atoms with E-state index in [4.69, 9.17) is 49.2 Å². The Kier molecular flexibility index (Phi) is 35.4. The van der Waals surface area contributed by atoms with Crippen LogP contribution in [0.5, 0.6) is 0 Å². The summed E-state index contributed by atoms with van der Waals surface area (Å²) in [6.07, 6.45) is -28.5. The molecule has 40 heteroatoms. The molecule has 0 saturated carbocycles. The monoisotopic (exact) mass is 1330 g/mol. The topological polar surface area (TPSA) is 683 Å². The zero-order valence-corrected chi connectivity index (χ0v) is 49.2. The highest BCUT2D eigenvalue weighted by Gasteiger charge is 2.54. The van der Waals surface area contributed by atoms with Crippen molar-refractivity contribution in [3.05, 3.63) is 0 Å². The molecule has 0 aromatic heterocycles. The average Bonchev–Trinajstić information content (AvgIpc) is 1.23. The van der Waals surface area contributed by atoms with Crippen molar-refractivity contribution < 1.29 is 199 Å². The summed E-state index contributed by atoms with van der Waals surface area (Å²) in [5.74, 6) is -14.9. The smallest absolute Gasteiger partial charge is 0.329 e. The fourth-order valence-corrected chi connectivity index (χ4v) is 9.48. The minimum atomic E-state index is -2.35. The summed E-state index contributed by atoms with van der Waals surface area (Å²) in [7, 11) is 0. The van der Waals surface area contributed by atoms with E-state index in [1.165, 1.54) is 34.6 Å². The SMILES string of the molecule is CC1C(O)CC(O)(OC=O)OC1C(O)C(O)CO.CC1C(O)CC(O)(OC=O)OC1C(O)C(O)CO.CC1C(O)CC(O)(OC=O)OC1C(O)C(O)CO.CC1C(O)CC(O)(OC=O)OC1C(O)C(O)CO.CC1C(O)CC(O)(OC=O)OC1C(O)C(O)CO. The number of ether oxygens (including phenoxy) is 10. The van der Waals surface area contributed by atoms with E-state index >= 15 is 0 Å². The Morgan fingerprint density at radius 2 is 0.433 bits per heavy atom. The second-order valence-corrected chi connectivity index (χ2v) is 21.9. The quantitative estimate of drug-likeness (QED) is 0.0229. The maximum Gasteiger partial charge on any atom is 0.329 e. The zero-order valence-electron chi connectivity index (χ0n) is 49.2. The zero-order chi connectivity index (χ0) is 69.6. The van der Waals surface area contributed by atoms with Crippen LogP contribution in [0.25, 0.3) is 0 Å². The molecule has 40 nitrogen and oxygen atoms in total. The number of aliphatic hydroxyl groups excluding tert-OH is 20. The van der Waals surface area contributed by atoms with Crippen molar-refractivity contribution in [1.82, 2.24) is 0 Å². The van der Waals surface area contributed by atoms with Gasteiger partial charge in [-0.1, -0.05) is 34.6 Å². The Balaban J connectivity index is 0.000000562. The standard InChI is InChI=1S/5C10H18O8/c5*1-5-6(13)2-10(16,17-4-12)18-9(5)8(15)7(14)3-11/h5*4-9,11,13-16H,2-3H2,1H3. The normalized spacial score (nSPS) is 40.0. The Hall–Kier alpha value is -3.85. The van der Waals surface area contributed by atoms with Crippen LogP contribution >= 0.6 is 0 Å². The number of hydrogen-bond acceptors (Lipinski definition) is 40. The van der Waals surface area contributed by atoms with E-state index in [0.29, 0.717) is 0 Å². The van der Waals surface area contributed by atoms with Crippen LogP contribution in [0.3, 0.4) is 0 Å². The summed E-state index contributed by atoms with van der Waals surface area (Å²) < 4.78 is 46.6. The Morgan fingerprint density at radius 1 is 0.311 bits per heavy atom. The molecule has 0 spiro atoms. The van der Waals surface area contributed by atoms with Gasteiger partial charge in [0, 0.05) is 29.6 Å². The van der Waals surface area contributed by atoms with Crippen molar-refractivity contribution in [2.45, 2.75) is 219 Å². The van der Waals surface area contributed by atoms with E-state index in [1.807, 2.05) is 0 Å². The summed E-state index contributed by atoms with van der Waals surface area (Å²) in [5.41, 5.74) is 0. The number of aliphatic hydroxyl groups is 25. The van der Waals surface area contributed by atoms with Crippen LogP contribution < -0.4 is 0 Å². The molecule has 30 atom stereocenters. The second kappa shape index (κ2) is 37.9. The van der Waals surface area contributed by atoms with Gasteiger partial charge < -0.3 is 175 Å². The molecule has 0 bridgehead atoms. The summed E-state index contributed by atoms with van der Waals surface area (Å²) in [6.45, 7) is 3.86. The molecule has 0 aliphatic carbocycles. The third kappa shape index (κ3) is 23.9. The van der Waals surface area contributed by atoms with E-state index in [1.54, 1.807) is 0 Å². The molecule has 5 fully saturated rings. The summed E-state index contributed by atoms with van der Waals surface area (Å²) in [6, 6.07) is 0. The van der Waals surface area contributed by atoms with E-state index in [9.17, 15) is 126 Å². The number of hydrogen-bond donors (Lipinski definition) is 25. The van der Waals surface area contributed by atoms with Gasteiger partial charge in [0.05, 0.1) is 126 Å². The van der Waals surface area contributed by atoms with Gasteiger partial charge in [0.15, 0.2) is 0 Å². The molecule has 0 radical (unpaired) electrons. The molecule has 0 aromatic rings. The largest absolute Gasteiger partial charge is 0.410 e. The molecule has 90 heavy (non-hydrogen) atoms. The predicted octanol–water partition coefficient (Wildman–Crippen LogP) is -13.5.